The molecule has 1 aromatic heterocycles. The van der Waals surface area contributed by atoms with Gasteiger partial charge in [0.15, 0.2) is 0 Å². The maximum Gasteiger partial charge on any atom is 0.235 e. The van der Waals surface area contributed by atoms with Crippen LogP contribution in [0.5, 0.6) is 0 Å². The summed E-state index contributed by atoms with van der Waals surface area (Å²) in [6.45, 7) is 4.87. The average molecular weight is 341 g/mol. The highest BCUT2D eigenvalue weighted by molar-refractivity contribution is 5.79. The lowest BCUT2D eigenvalue weighted by Crippen LogP contribution is -2.54. The van der Waals surface area contributed by atoms with Gasteiger partial charge in [-0.15, -0.1) is 0 Å². The molecule has 1 amide bonds. The zero-order valence-corrected chi connectivity index (χ0v) is 14.8. The van der Waals surface area contributed by atoms with Crippen molar-refractivity contribution in [2.24, 2.45) is 0 Å². The highest BCUT2D eigenvalue weighted by atomic mass is 16.2. The molecule has 0 bridgehead atoms. The Labute approximate surface area is 149 Å². The predicted octanol–water partition coefficient (Wildman–Crippen LogP) is 1.54. The molecule has 0 spiro atoms. The van der Waals surface area contributed by atoms with E-state index >= 15 is 0 Å². The van der Waals surface area contributed by atoms with Gasteiger partial charge in [-0.1, -0.05) is 25.3 Å². The Balaban J connectivity index is 1.42. The third-order valence-corrected chi connectivity index (χ3v) is 5.24. The summed E-state index contributed by atoms with van der Waals surface area (Å²) in [6.07, 6.45) is 6.62. The first kappa shape index (κ1) is 17.8. The monoisotopic (exact) mass is 341 g/mol. The van der Waals surface area contributed by atoms with Gasteiger partial charge in [0.25, 0.3) is 0 Å². The van der Waals surface area contributed by atoms with Gasteiger partial charge in [-0.05, 0) is 25.0 Å². The standard InChI is InChI=1S/C19H27N5O/c20-16-19(7-3-1-4-8-19)22-18(25)15-24-12-10-23(11-13-24)14-17-6-2-5-9-21-17/h2,5-6,9H,1,3-4,7-8,10-15H2,(H,22,25). The molecule has 6 nitrogen and oxygen atoms in total. The number of carbonyl (C=O) groups excluding carboxylic acids is 1. The van der Waals surface area contributed by atoms with Gasteiger partial charge in [0.2, 0.25) is 5.91 Å². The first-order valence-corrected chi connectivity index (χ1v) is 9.26. The molecule has 0 aromatic carbocycles. The van der Waals surface area contributed by atoms with Crippen molar-refractivity contribution in [3.05, 3.63) is 30.1 Å². The van der Waals surface area contributed by atoms with E-state index in [1.54, 1.807) is 0 Å². The molecular formula is C19H27N5O. The fourth-order valence-electron chi connectivity index (χ4n) is 3.76. The number of piperazine rings is 1. The summed E-state index contributed by atoms with van der Waals surface area (Å²) < 4.78 is 0. The minimum Gasteiger partial charge on any atom is -0.337 e. The number of pyridine rings is 1. The Bertz CT molecular complexity index is 598. The topological polar surface area (TPSA) is 72.3 Å². The predicted molar refractivity (Wildman–Crippen MR) is 95.5 cm³/mol. The van der Waals surface area contributed by atoms with Gasteiger partial charge in [-0.3, -0.25) is 19.6 Å². The highest BCUT2D eigenvalue weighted by Crippen LogP contribution is 2.27. The Hall–Kier alpha value is -1.97. The van der Waals surface area contributed by atoms with Crippen LogP contribution in [0.25, 0.3) is 0 Å². The van der Waals surface area contributed by atoms with E-state index in [2.05, 4.69) is 26.2 Å². The first-order chi connectivity index (χ1) is 12.2. The SMILES string of the molecule is N#CC1(NC(=O)CN2CCN(Cc3ccccn3)CC2)CCCCC1. The fraction of sp³-hybridized carbons (Fsp3) is 0.632. The molecule has 1 aliphatic carbocycles. The molecule has 1 aliphatic heterocycles. The molecule has 6 heteroatoms. The third kappa shape index (κ3) is 5.00. The van der Waals surface area contributed by atoms with Crippen LogP contribution in [-0.4, -0.2) is 59.0 Å². The number of rotatable bonds is 5. The van der Waals surface area contributed by atoms with Gasteiger partial charge in [0, 0.05) is 38.9 Å². The number of nitrogens with one attached hydrogen (secondary N) is 1. The van der Waals surface area contributed by atoms with Crippen molar-refractivity contribution >= 4 is 5.91 Å². The smallest absolute Gasteiger partial charge is 0.235 e. The van der Waals surface area contributed by atoms with E-state index < -0.39 is 5.54 Å². The summed E-state index contributed by atoms with van der Waals surface area (Å²) in [5.74, 6) is -0.0124. The quantitative estimate of drug-likeness (QED) is 0.879. The minimum atomic E-state index is -0.629. The van der Waals surface area contributed by atoms with Crippen molar-refractivity contribution in [2.75, 3.05) is 32.7 Å². The molecule has 1 saturated heterocycles. The molecular weight excluding hydrogens is 314 g/mol. The van der Waals surface area contributed by atoms with Crippen molar-refractivity contribution in [2.45, 2.75) is 44.2 Å². The van der Waals surface area contributed by atoms with Crippen LogP contribution in [0.2, 0.25) is 0 Å². The largest absolute Gasteiger partial charge is 0.337 e. The van der Waals surface area contributed by atoms with Crippen LogP contribution in [0.15, 0.2) is 24.4 Å². The lowest BCUT2D eigenvalue weighted by molar-refractivity contribution is -0.124. The van der Waals surface area contributed by atoms with Gasteiger partial charge in [0.1, 0.15) is 5.54 Å². The number of hydrogen-bond donors (Lipinski definition) is 1. The molecule has 1 N–H and O–H groups in total. The van der Waals surface area contributed by atoms with Crippen LogP contribution in [0.3, 0.4) is 0 Å². The summed E-state index contributed by atoms with van der Waals surface area (Å²) >= 11 is 0. The van der Waals surface area contributed by atoms with Crippen LogP contribution in [0.4, 0.5) is 0 Å². The van der Waals surface area contributed by atoms with Gasteiger partial charge in [-0.2, -0.15) is 5.26 Å². The number of nitriles is 1. The van der Waals surface area contributed by atoms with Crippen molar-refractivity contribution in [3.63, 3.8) is 0 Å². The number of hydrogen-bond acceptors (Lipinski definition) is 5. The van der Waals surface area contributed by atoms with Crippen LogP contribution >= 0.6 is 0 Å². The zero-order valence-electron chi connectivity index (χ0n) is 14.8. The third-order valence-electron chi connectivity index (χ3n) is 5.24. The van der Waals surface area contributed by atoms with Crippen molar-refractivity contribution in [3.8, 4) is 6.07 Å². The van der Waals surface area contributed by atoms with Crippen molar-refractivity contribution < 1.29 is 4.79 Å². The Kier molecular flexibility index (Phi) is 6.00. The van der Waals surface area contributed by atoms with Crippen LogP contribution < -0.4 is 5.32 Å². The summed E-state index contributed by atoms with van der Waals surface area (Å²) in [7, 11) is 0. The number of carbonyl (C=O) groups is 1. The first-order valence-electron chi connectivity index (χ1n) is 9.26. The van der Waals surface area contributed by atoms with E-state index in [1.807, 2.05) is 24.4 Å². The Morgan fingerprint density at radius 3 is 2.52 bits per heavy atom. The molecule has 1 saturated carbocycles. The van der Waals surface area contributed by atoms with Gasteiger partial charge in [0.05, 0.1) is 18.3 Å². The van der Waals surface area contributed by atoms with Crippen LogP contribution in [-0.2, 0) is 11.3 Å². The molecule has 2 fully saturated rings. The second-order valence-electron chi connectivity index (χ2n) is 7.18. The summed E-state index contributed by atoms with van der Waals surface area (Å²) in [5, 5.41) is 12.5. The Morgan fingerprint density at radius 2 is 1.88 bits per heavy atom. The zero-order chi connectivity index (χ0) is 17.5. The number of aromatic nitrogens is 1. The van der Waals surface area contributed by atoms with Gasteiger partial charge in [-0.25, -0.2) is 0 Å². The summed E-state index contributed by atoms with van der Waals surface area (Å²) in [6, 6.07) is 8.35. The second kappa shape index (κ2) is 8.41. The lowest BCUT2D eigenvalue weighted by atomic mass is 9.83. The minimum absolute atomic E-state index is 0.0124. The molecule has 2 heterocycles. The molecule has 25 heavy (non-hydrogen) atoms. The molecule has 0 radical (unpaired) electrons. The number of nitrogens with zero attached hydrogens (tertiary/aromatic N) is 4. The van der Waals surface area contributed by atoms with E-state index in [1.165, 1.54) is 0 Å². The summed E-state index contributed by atoms with van der Waals surface area (Å²) in [4.78, 5) is 21.3. The van der Waals surface area contributed by atoms with Crippen molar-refractivity contribution in [1.82, 2.24) is 20.1 Å². The number of amides is 1. The van der Waals surface area contributed by atoms with Gasteiger partial charge < -0.3 is 5.32 Å². The van der Waals surface area contributed by atoms with E-state index in [9.17, 15) is 10.1 Å². The van der Waals surface area contributed by atoms with Crippen LogP contribution in [0, 0.1) is 11.3 Å². The molecule has 1 aromatic rings. The lowest BCUT2D eigenvalue weighted by Gasteiger charge is -2.36. The maximum atomic E-state index is 12.4. The van der Waals surface area contributed by atoms with E-state index in [0.717, 1.165) is 70.5 Å². The normalized spacial score (nSPS) is 21.4. The Morgan fingerprint density at radius 1 is 1.16 bits per heavy atom. The van der Waals surface area contributed by atoms with E-state index in [-0.39, 0.29) is 5.91 Å². The average Bonchev–Trinajstić information content (AvgIpc) is 2.65. The van der Waals surface area contributed by atoms with Crippen LogP contribution in [0.1, 0.15) is 37.8 Å². The summed E-state index contributed by atoms with van der Waals surface area (Å²) in [5.41, 5.74) is 0.456. The fourth-order valence-corrected chi connectivity index (χ4v) is 3.76. The van der Waals surface area contributed by atoms with Gasteiger partial charge >= 0.3 is 0 Å². The second-order valence-corrected chi connectivity index (χ2v) is 7.18. The van der Waals surface area contributed by atoms with Crippen molar-refractivity contribution in [1.29, 1.82) is 5.26 Å². The van der Waals surface area contributed by atoms with E-state index in [4.69, 9.17) is 0 Å². The molecule has 3 rings (SSSR count). The maximum absolute atomic E-state index is 12.4. The molecule has 2 aliphatic rings. The molecule has 0 unspecified atom stereocenters. The molecule has 134 valence electrons. The highest BCUT2D eigenvalue weighted by Gasteiger charge is 2.34. The molecule has 0 atom stereocenters. The van der Waals surface area contributed by atoms with E-state index in [0.29, 0.717) is 6.54 Å².